The van der Waals surface area contributed by atoms with Crippen LogP contribution in [0, 0.1) is 0 Å². The van der Waals surface area contributed by atoms with E-state index in [9.17, 15) is 0 Å². The Hall–Kier alpha value is -2.48. The summed E-state index contributed by atoms with van der Waals surface area (Å²) in [5, 5.41) is 17.7. The zero-order valence-electron chi connectivity index (χ0n) is 14.8. The highest BCUT2D eigenvalue weighted by Crippen LogP contribution is 2.41. The Bertz CT molecular complexity index is 923. The lowest BCUT2D eigenvalue weighted by molar-refractivity contribution is 0.0905. The minimum Gasteiger partial charge on any atom is -0.420 e. The third-order valence-electron chi connectivity index (χ3n) is 5.13. The van der Waals surface area contributed by atoms with Crippen LogP contribution in [0.15, 0.2) is 16.8 Å². The smallest absolute Gasteiger partial charge is 0.251 e. The summed E-state index contributed by atoms with van der Waals surface area (Å²) in [6.07, 6.45) is 7.91. The lowest BCUT2D eigenvalue weighted by Crippen LogP contribution is -2.28. The maximum Gasteiger partial charge on any atom is 0.251 e. The summed E-state index contributed by atoms with van der Waals surface area (Å²) in [7, 11) is 0. The van der Waals surface area contributed by atoms with Gasteiger partial charge >= 0.3 is 0 Å². The van der Waals surface area contributed by atoms with Crippen molar-refractivity contribution in [1.82, 2.24) is 25.0 Å². The molecular weight excluding hydrogens is 332 g/mol. The SMILES string of the molecule is CCn1ncc2c(NC3CCOCC3)c(-c3nnc(C4CC4)o3)cnc21. The number of anilines is 1. The van der Waals surface area contributed by atoms with Crippen LogP contribution < -0.4 is 5.32 Å². The molecule has 3 aromatic rings. The number of rotatable bonds is 5. The number of aryl methyl sites for hydroxylation is 1. The van der Waals surface area contributed by atoms with Crippen molar-refractivity contribution in [1.29, 1.82) is 0 Å². The molecular formula is C18H22N6O2. The molecule has 4 heterocycles. The van der Waals surface area contributed by atoms with Gasteiger partial charge in [0.1, 0.15) is 0 Å². The molecule has 5 rings (SSSR count). The van der Waals surface area contributed by atoms with Crippen molar-refractivity contribution in [3.63, 3.8) is 0 Å². The summed E-state index contributed by atoms with van der Waals surface area (Å²) in [6, 6.07) is 0.351. The van der Waals surface area contributed by atoms with E-state index in [1.54, 1.807) is 0 Å². The van der Waals surface area contributed by atoms with Gasteiger partial charge in [-0.05, 0) is 32.6 Å². The second-order valence-corrected chi connectivity index (χ2v) is 7.00. The number of pyridine rings is 1. The molecule has 1 N–H and O–H groups in total. The molecule has 1 aliphatic heterocycles. The van der Waals surface area contributed by atoms with Crippen LogP contribution in [0.2, 0.25) is 0 Å². The van der Waals surface area contributed by atoms with Crippen LogP contribution in [0.1, 0.15) is 44.4 Å². The van der Waals surface area contributed by atoms with Gasteiger partial charge in [-0.2, -0.15) is 5.10 Å². The Kier molecular flexibility index (Phi) is 3.85. The van der Waals surface area contributed by atoms with E-state index in [2.05, 4.69) is 32.5 Å². The number of hydrogen-bond acceptors (Lipinski definition) is 7. The van der Waals surface area contributed by atoms with E-state index in [0.717, 1.165) is 73.6 Å². The van der Waals surface area contributed by atoms with Gasteiger partial charge in [0.2, 0.25) is 5.89 Å². The Morgan fingerprint density at radius 3 is 2.77 bits per heavy atom. The molecule has 0 unspecified atom stereocenters. The van der Waals surface area contributed by atoms with Gasteiger partial charge in [-0.3, -0.25) is 0 Å². The van der Waals surface area contributed by atoms with Crippen LogP contribution in [-0.2, 0) is 11.3 Å². The maximum atomic E-state index is 5.95. The van der Waals surface area contributed by atoms with Gasteiger partial charge in [0.25, 0.3) is 5.89 Å². The van der Waals surface area contributed by atoms with Gasteiger partial charge in [-0.25, -0.2) is 9.67 Å². The van der Waals surface area contributed by atoms with Crippen LogP contribution in [-0.4, -0.2) is 44.2 Å². The van der Waals surface area contributed by atoms with Gasteiger partial charge in [0.15, 0.2) is 5.65 Å². The fourth-order valence-corrected chi connectivity index (χ4v) is 3.46. The van der Waals surface area contributed by atoms with E-state index in [4.69, 9.17) is 9.15 Å². The molecule has 0 atom stereocenters. The Balaban J connectivity index is 1.59. The van der Waals surface area contributed by atoms with Gasteiger partial charge in [-0.1, -0.05) is 0 Å². The van der Waals surface area contributed by atoms with E-state index in [-0.39, 0.29) is 0 Å². The average Bonchev–Trinajstić information content (AvgIpc) is 3.26. The number of hydrogen-bond donors (Lipinski definition) is 1. The first kappa shape index (κ1) is 15.7. The number of ether oxygens (including phenoxy) is 1. The quantitative estimate of drug-likeness (QED) is 0.753. The zero-order valence-corrected chi connectivity index (χ0v) is 14.8. The van der Waals surface area contributed by atoms with Gasteiger partial charge in [0.05, 0.1) is 22.8 Å². The number of aromatic nitrogens is 5. The lowest BCUT2D eigenvalue weighted by atomic mass is 10.1. The normalized spacial score (nSPS) is 18.5. The highest BCUT2D eigenvalue weighted by atomic mass is 16.5. The van der Waals surface area contributed by atoms with Crippen LogP contribution in [0.3, 0.4) is 0 Å². The zero-order chi connectivity index (χ0) is 17.5. The van der Waals surface area contributed by atoms with Crippen LogP contribution in [0.5, 0.6) is 0 Å². The Morgan fingerprint density at radius 2 is 2.00 bits per heavy atom. The predicted molar refractivity (Wildman–Crippen MR) is 95.9 cm³/mol. The fraction of sp³-hybridized carbons (Fsp3) is 0.556. The standard InChI is InChI=1S/C18H22N6O2/c1-2-24-16-13(10-20-24)15(21-12-5-7-25-8-6-12)14(9-19-16)18-23-22-17(26-18)11-3-4-11/h9-12H,2-8H2,1H3,(H,19,21). The highest BCUT2D eigenvalue weighted by molar-refractivity contribution is 5.96. The molecule has 0 spiro atoms. The first-order chi connectivity index (χ1) is 12.8. The van der Waals surface area contributed by atoms with Crippen molar-refractivity contribution in [2.75, 3.05) is 18.5 Å². The molecule has 0 bridgehead atoms. The van der Waals surface area contributed by atoms with Crippen LogP contribution >= 0.6 is 0 Å². The van der Waals surface area contributed by atoms with Crippen molar-refractivity contribution in [2.45, 2.75) is 51.1 Å². The molecule has 1 saturated heterocycles. The molecule has 0 aromatic carbocycles. The van der Waals surface area contributed by atoms with Crippen LogP contribution in [0.25, 0.3) is 22.5 Å². The molecule has 26 heavy (non-hydrogen) atoms. The number of fused-ring (bicyclic) bond motifs is 1. The second kappa shape index (κ2) is 6.35. The largest absolute Gasteiger partial charge is 0.420 e. The minimum absolute atomic E-state index is 0.351. The molecule has 136 valence electrons. The average molecular weight is 354 g/mol. The monoisotopic (exact) mass is 354 g/mol. The van der Waals surface area contributed by atoms with E-state index in [1.807, 2.05) is 17.1 Å². The van der Waals surface area contributed by atoms with E-state index >= 15 is 0 Å². The molecule has 8 nitrogen and oxygen atoms in total. The summed E-state index contributed by atoms with van der Waals surface area (Å²) in [5.41, 5.74) is 2.69. The van der Waals surface area contributed by atoms with E-state index < -0.39 is 0 Å². The third kappa shape index (κ3) is 2.74. The fourth-order valence-electron chi connectivity index (χ4n) is 3.46. The second-order valence-electron chi connectivity index (χ2n) is 7.00. The third-order valence-corrected chi connectivity index (χ3v) is 5.13. The summed E-state index contributed by atoms with van der Waals surface area (Å²) in [5.74, 6) is 1.70. The molecule has 2 fully saturated rings. The first-order valence-corrected chi connectivity index (χ1v) is 9.36. The Morgan fingerprint density at radius 1 is 1.15 bits per heavy atom. The van der Waals surface area contributed by atoms with Gasteiger partial charge in [-0.15, -0.1) is 10.2 Å². The van der Waals surface area contributed by atoms with Gasteiger partial charge < -0.3 is 14.5 Å². The van der Waals surface area contributed by atoms with E-state index in [1.165, 1.54) is 0 Å². The molecule has 0 amide bonds. The molecule has 2 aliphatic rings. The molecule has 0 radical (unpaired) electrons. The summed E-state index contributed by atoms with van der Waals surface area (Å²) in [6.45, 7) is 4.40. The van der Waals surface area contributed by atoms with Crippen molar-refractivity contribution < 1.29 is 9.15 Å². The topological polar surface area (TPSA) is 90.9 Å². The van der Waals surface area contributed by atoms with Crippen LogP contribution in [0.4, 0.5) is 5.69 Å². The highest BCUT2D eigenvalue weighted by Gasteiger charge is 2.30. The summed E-state index contributed by atoms with van der Waals surface area (Å²) in [4.78, 5) is 4.62. The predicted octanol–water partition coefficient (Wildman–Crippen LogP) is 2.97. The first-order valence-electron chi connectivity index (χ1n) is 9.36. The Labute approximate surface area is 151 Å². The molecule has 1 saturated carbocycles. The summed E-state index contributed by atoms with van der Waals surface area (Å²) < 4.78 is 13.3. The van der Waals surface area contributed by atoms with Crippen molar-refractivity contribution >= 4 is 16.7 Å². The lowest BCUT2D eigenvalue weighted by Gasteiger charge is -2.25. The molecule has 1 aliphatic carbocycles. The molecule has 3 aromatic heterocycles. The van der Waals surface area contributed by atoms with Gasteiger partial charge in [0, 0.05) is 37.9 Å². The van der Waals surface area contributed by atoms with E-state index in [0.29, 0.717) is 17.9 Å². The maximum absolute atomic E-state index is 5.95. The van der Waals surface area contributed by atoms with Crippen molar-refractivity contribution in [2.24, 2.45) is 0 Å². The number of nitrogens with one attached hydrogen (secondary N) is 1. The van der Waals surface area contributed by atoms with Crippen molar-refractivity contribution in [3.8, 4) is 11.5 Å². The minimum atomic E-state index is 0.351. The van der Waals surface area contributed by atoms with Crippen molar-refractivity contribution in [3.05, 3.63) is 18.3 Å². The summed E-state index contributed by atoms with van der Waals surface area (Å²) >= 11 is 0. The number of nitrogens with zero attached hydrogens (tertiary/aromatic N) is 5. The molecule has 8 heteroatoms.